The summed E-state index contributed by atoms with van der Waals surface area (Å²) in [5.41, 5.74) is 0. The zero-order valence-corrected chi connectivity index (χ0v) is 15.3. The Labute approximate surface area is 144 Å². The molecule has 2 saturated carbocycles. The molecule has 2 aliphatic rings. The molecule has 0 amide bonds. The van der Waals surface area contributed by atoms with Crippen molar-refractivity contribution in [2.75, 3.05) is 13.6 Å². The number of aryl methyl sites for hydroxylation is 1. The van der Waals surface area contributed by atoms with Crippen LogP contribution in [0, 0.1) is 11.8 Å². The predicted octanol–water partition coefficient (Wildman–Crippen LogP) is 3.38. The lowest BCUT2D eigenvalue weighted by Crippen LogP contribution is -2.40. The third-order valence-corrected chi connectivity index (χ3v) is 6.42. The lowest BCUT2D eigenvalue weighted by Gasteiger charge is -2.22. The van der Waals surface area contributed by atoms with Gasteiger partial charge in [0, 0.05) is 37.1 Å². The second-order valence-electron chi connectivity index (χ2n) is 6.87. The summed E-state index contributed by atoms with van der Waals surface area (Å²) in [6, 6.07) is 0.649. The van der Waals surface area contributed by atoms with Gasteiger partial charge in [0.2, 0.25) is 0 Å². The summed E-state index contributed by atoms with van der Waals surface area (Å²) in [5.74, 6) is 2.81. The normalized spacial score (nSPS) is 25.4. The minimum absolute atomic E-state index is 0.649. The number of aliphatic imine (C=N–C) groups is 1. The summed E-state index contributed by atoms with van der Waals surface area (Å²) in [4.78, 5) is 10.2. The highest BCUT2D eigenvalue weighted by Crippen LogP contribution is 2.44. The van der Waals surface area contributed by atoms with Crippen molar-refractivity contribution >= 4 is 17.3 Å². The SMILES string of the molecule is CCc1cnc(CCNC(=NC)NC2CC2C2CCCCC2)s1. The zero-order valence-electron chi connectivity index (χ0n) is 14.5. The van der Waals surface area contributed by atoms with Crippen LogP contribution in [0.25, 0.3) is 0 Å². The molecule has 0 aliphatic heterocycles. The Balaban J connectivity index is 1.37. The molecule has 2 atom stereocenters. The lowest BCUT2D eigenvalue weighted by atomic mass is 9.85. The molecule has 23 heavy (non-hydrogen) atoms. The first kappa shape index (κ1) is 16.7. The lowest BCUT2D eigenvalue weighted by molar-refractivity contribution is 0.315. The maximum atomic E-state index is 4.47. The molecule has 0 saturated heterocycles. The number of nitrogens with one attached hydrogen (secondary N) is 2. The number of hydrogen-bond acceptors (Lipinski definition) is 3. The third-order valence-electron chi connectivity index (χ3n) is 5.22. The molecule has 128 valence electrons. The second-order valence-corrected chi connectivity index (χ2v) is 8.07. The van der Waals surface area contributed by atoms with Crippen LogP contribution in [0.2, 0.25) is 0 Å². The van der Waals surface area contributed by atoms with Crippen LogP contribution >= 0.6 is 11.3 Å². The van der Waals surface area contributed by atoms with Crippen LogP contribution in [0.1, 0.15) is 55.3 Å². The van der Waals surface area contributed by atoms with Gasteiger partial charge in [-0.25, -0.2) is 4.98 Å². The van der Waals surface area contributed by atoms with E-state index in [9.17, 15) is 0 Å². The van der Waals surface area contributed by atoms with E-state index in [0.29, 0.717) is 6.04 Å². The average Bonchev–Trinajstić information content (AvgIpc) is 3.21. The monoisotopic (exact) mass is 334 g/mol. The molecule has 0 bridgehead atoms. The van der Waals surface area contributed by atoms with Gasteiger partial charge >= 0.3 is 0 Å². The van der Waals surface area contributed by atoms with Crippen LogP contribution in [0.15, 0.2) is 11.2 Å². The van der Waals surface area contributed by atoms with E-state index in [1.807, 2.05) is 24.6 Å². The average molecular weight is 335 g/mol. The van der Waals surface area contributed by atoms with Crippen molar-refractivity contribution in [3.63, 3.8) is 0 Å². The van der Waals surface area contributed by atoms with E-state index in [2.05, 4.69) is 27.5 Å². The van der Waals surface area contributed by atoms with Crippen LogP contribution < -0.4 is 10.6 Å². The fraction of sp³-hybridized carbons (Fsp3) is 0.778. The van der Waals surface area contributed by atoms with Crippen molar-refractivity contribution in [1.29, 1.82) is 0 Å². The van der Waals surface area contributed by atoms with Crippen LogP contribution in [0.4, 0.5) is 0 Å². The first-order valence-electron chi connectivity index (χ1n) is 9.21. The Morgan fingerprint density at radius 3 is 2.87 bits per heavy atom. The van der Waals surface area contributed by atoms with Crippen molar-refractivity contribution in [2.45, 2.75) is 64.3 Å². The molecule has 0 aromatic carbocycles. The van der Waals surface area contributed by atoms with E-state index < -0.39 is 0 Å². The number of hydrogen-bond donors (Lipinski definition) is 2. The molecule has 2 N–H and O–H groups in total. The molecule has 4 nitrogen and oxygen atoms in total. The highest BCUT2D eigenvalue weighted by Gasteiger charge is 2.43. The van der Waals surface area contributed by atoms with Gasteiger partial charge in [0.25, 0.3) is 0 Å². The molecule has 0 spiro atoms. The summed E-state index contributed by atoms with van der Waals surface area (Å²) in [7, 11) is 1.87. The maximum Gasteiger partial charge on any atom is 0.191 e. The van der Waals surface area contributed by atoms with Gasteiger partial charge in [-0.2, -0.15) is 0 Å². The Bertz CT molecular complexity index is 519. The van der Waals surface area contributed by atoms with Crippen LogP contribution in [0.5, 0.6) is 0 Å². The molecule has 2 aliphatic carbocycles. The van der Waals surface area contributed by atoms with Gasteiger partial charge in [-0.15, -0.1) is 11.3 Å². The molecule has 2 unspecified atom stereocenters. The minimum Gasteiger partial charge on any atom is -0.356 e. The number of guanidine groups is 1. The zero-order chi connectivity index (χ0) is 16.1. The summed E-state index contributed by atoms with van der Waals surface area (Å²) in [6.07, 6.45) is 12.6. The Kier molecular flexibility index (Phi) is 5.92. The van der Waals surface area contributed by atoms with Crippen LogP contribution in [-0.4, -0.2) is 30.6 Å². The standard InChI is InChI=1S/C18H30N4S/c1-3-14-12-21-17(23-14)9-10-20-18(19-2)22-16-11-15(16)13-7-5-4-6-8-13/h12-13,15-16H,3-11H2,1-2H3,(H2,19,20,22). The molecule has 3 rings (SSSR count). The van der Waals surface area contributed by atoms with E-state index in [0.717, 1.165) is 37.2 Å². The molecular formula is C18H30N4S. The minimum atomic E-state index is 0.649. The van der Waals surface area contributed by atoms with Gasteiger partial charge in [0.15, 0.2) is 5.96 Å². The fourth-order valence-electron chi connectivity index (χ4n) is 3.75. The van der Waals surface area contributed by atoms with Gasteiger partial charge < -0.3 is 10.6 Å². The maximum absolute atomic E-state index is 4.47. The highest BCUT2D eigenvalue weighted by molar-refractivity contribution is 7.11. The van der Waals surface area contributed by atoms with Gasteiger partial charge in [0.1, 0.15) is 0 Å². The summed E-state index contributed by atoms with van der Waals surface area (Å²) >= 11 is 1.83. The molecule has 1 heterocycles. The van der Waals surface area contributed by atoms with Crippen molar-refractivity contribution in [1.82, 2.24) is 15.6 Å². The van der Waals surface area contributed by atoms with E-state index in [1.54, 1.807) is 0 Å². The van der Waals surface area contributed by atoms with E-state index in [-0.39, 0.29) is 0 Å². The highest BCUT2D eigenvalue weighted by atomic mass is 32.1. The van der Waals surface area contributed by atoms with Gasteiger partial charge in [-0.1, -0.05) is 39.0 Å². The second kappa shape index (κ2) is 8.13. The van der Waals surface area contributed by atoms with E-state index in [4.69, 9.17) is 0 Å². The molecule has 1 aromatic rings. The number of rotatable bonds is 6. The third kappa shape index (κ3) is 4.69. The molecule has 0 radical (unpaired) electrons. The van der Waals surface area contributed by atoms with Crippen molar-refractivity contribution in [3.8, 4) is 0 Å². The Morgan fingerprint density at radius 1 is 1.35 bits per heavy atom. The smallest absolute Gasteiger partial charge is 0.191 e. The predicted molar refractivity (Wildman–Crippen MR) is 98.2 cm³/mol. The quantitative estimate of drug-likeness (QED) is 0.619. The van der Waals surface area contributed by atoms with Crippen LogP contribution in [-0.2, 0) is 12.8 Å². The van der Waals surface area contributed by atoms with Gasteiger partial charge in [0.05, 0.1) is 5.01 Å². The van der Waals surface area contributed by atoms with Gasteiger partial charge in [-0.05, 0) is 24.7 Å². The topological polar surface area (TPSA) is 49.3 Å². The van der Waals surface area contributed by atoms with Gasteiger partial charge in [-0.3, -0.25) is 4.99 Å². The van der Waals surface area contributed by atoms with Crippen molar-refractivity contribution in [3.05, 3.63) is 16.1 Å². The molecule has 2 fully saturated rings. The van der Waals surface area contributed by atoms with E-state index in [1.165, 1.54) is 48.4 Å². The first-order valence-corrected chi connectivity index (χ1v) is 10.0. The van der Waals surface area contributed by atoms with Crippen molar-refractivity contribution < 1.29 is 0 Å². The molecule has 1 aromatic heterocycles. The van der Waals surface area contributed by atoms with Crippen LogP contribution in [0.3, 0.4) is 0 Å². The van der Waals surface area contributed by atoms with E-state index >= 15 is 0 Å². The summed E-state index contributed by atoms with van der Waals surface area (Å²) in [6.45, 7) is 3.08. The summed E-state index contributed by atoms with van der Waals surface area (Å²) in [5, 5.41) is 8.28. The first-order chi connectivity index (χ1) is 11.3. The number of nitrogens with zero attached hydrogens (tertiary/aromatic N) is 2. The Hall–Kier alpha value is -1.10. The molecular weight excluding hydrogens is 304 g/mol. The Morgan fingerprint density at radius 2 is 2.17 bits per heavy atom. The number of aromatic nitrogens is 1. The van der Waals surface area contributed by atoms with Crippen molar-refractivity contribution in [2.24, 2.45) is 16.8 Å². The fourth-order valence-corrected chi connectivity index (χ4v) is 4.61. The molecule has 5 heteroatoms. The number of thiazole rings is 1. The summed E-state index contributed by atoms with van der Waals surface area (Å²) < 4.78 is 0. The largest absolute Gasteiger partial charge is 0.356 e.